The van der Waals surface area contributed by atoms with Gasteiger partial charge in [-0.3, -0.25) is 4.68 Å². The maximum absolute atomic E-state index is 8.78. The van der Waals surface area contributed by atoms with Crippen molar-refractivity contribution in [3.8, 4) is 6.07 Å². The molecule has 0 spiro atoms. The third-order valence-corrected chi connectivity index (χ3v) is 3.25. The van der Waals surface area contributed by atoms with E-state index in [9.17, 15) is 0 Å². The van der Waals surface area contributed by atoms with Gasteiger partial charge in [0.15, 0.2) is 0 Å². The number of aromatic nitrogens is 2. The van der Waals surface area contributed by atoms with Gasteiger partial charge in [0.1, 0.15) is 0 Å². The number of likely N-dealkylation sites (N-methyl/N-ethyl adjacent to an activating group) is 1. The molecule has 1 atom stereocenters. The molecule has 2 rings (SSSR count). The van der Waals surface area contributed by atoms with Crippen LogP contribution in [0.15, 0.2) is 36.7 Å². The van der Waals surface area contributed by atoms with Crippen LogP contribution in [0.25, 0.3) is 0 Å². The molecule has 0 aliphatic heterocycles. The number of aryl methyl sites for hydroxylation is 1. The number of hydrogen-bond acceptors (Lipinski definition) is 4. The topological polar surface area (TPSA) is 56.9 Å². The van der Waals surface area contributed by atoms with Crippen molar-refractivity contribution in [3.63, 3.8) is 0 Å². The summed E-state index contributed by atoms with van der Waals surface area (Å²) in [5.41, 5.74) is 2.87. The number of nitrogens with zero attached hydrogens (tertiary/aromatic N) is 4. The number of benzene rings is 1. The van der Waals surface area contributed by atoms with Crippen LogP contribution in [0.4, 0.5) is 5.69 Å². The molecule has 1 aromatic heterocycles. The van der Waals surface area contributed by atoms with Crippen molar-refractivity contribution >= 4 is 5.69 Å². The van der Waals surface area contributed by atoms with E-state index in [1.807, 2.05) is 48.4 Å². The Morgan fingerprint density at radius 2 is 2.05 bits per heavy atom. The van der Waals surface area contributed by atoms with Crippen LogP contribution in [0.3, 0.4) is 0 Å². The second-order valence-electron chi connectivity index (χ2n) is 5.00. The highest BCUT2D eigenvalue weighted by Crippen LogP contribution is 2.18. The van der Waals surface area contributed by atoms with Crippen LogP contribution in [-0.4, -0.2) is 35.3 Å². The first kappa shape index (κ1) is 14.1. The van der Waals surface area contributed by atoms with E-state index < -0.39 is 0 Å². The molecule has 1 unspecified atom stereocenters. The molecule has 0 fully saturated rings. The quantitative estimate of drug-likeness (QED) is 0.902. The molecule has 104 valence electrons. The van der Waals surface area contributed by atoms with Gasteiger partial charge in [-0.15, -0.1) is 0 Å². The second kappa shape index (κ2) is 6.22. The fourth-order valence-corrected chi connectivity index (χ4v) is 2.09. The second-order valence-corrected chi connectivity index (χ2v) is 5.00. The molecule has 0 aliphatic rings. The van der Waals surface area contributed by atoms with Gasteiger partial charge in [-0.05, 0) is 38.4 Å². The van der Waals surface area contributed by atoms with Gasteiger partial charge >= 0.3 is 0 Å². The van der Waals surface area contributed by atoms with Crippen molar-refractivity contribution in [2.24, 2.45) is 7.05 Å². The molecule has 1 N–H and O–H groups in total. The summed E-state index contributed by atoms with van der Waals surface area (Å²) in [5, 5.41) is 16.4. The van der Waals surface area contributed by atoms with Crippen LogP contribution in [-0.2, 0) is 7.05 Å². The van der Waals surface area contributed by atoms with E-state index in [4.69, 9.17) is 5.26 Å². The molecule has 0 amide bonds. The molecule has 0 saturated heterocycles. The number of anilines is 1. The standard InChI is InChI=1S/C15H19N5/c1-19(2)15(13-9-18-20(3)11-13)10-17-14-6-4-12(8-16)5-7-14/h4-7,9,11,15,17H,10H2,1-3H3. The first-order valence-corrected chi connectivity index (χ1v) is 6.49. The van der Waals surface area contributed by atoms with Gasteiger partial charge in [0, 0.05) is 31.0 Å². The highest BCUT2D eigenvalue weighted by atomic mass is 15.2. The summed E-state index contributed by atoms with van der Waals surface area (Å²) in [4.78, 5) is 2.16. The van der Waals surface area contributed by atoms with Crippen molar-refractivity contribution in [1.82, 2.24) is 14.7 Å². The van der Waals surface area contributed by atoms with E-state index in [1.54, 1.807) is 0 Å². The van der Waals surface area contributed by atoms with E-state index in [0.29, 0.717) is 5.56 Å². The Labute approximate surface area is 119 Å². The van der Waals surface area contributed by atoms with Crippen LogP contribution in [0.2, 0.25) is 0 Å². The molecular formula is C15H19N5. The van der Waals surface area contributed by atoms with Crippen molar-refractivity contribution in [1.29, 1.82) is 5.26 Å². The molecular weight excluding hydrogens is 250 g/mol. The maximum Gasteiger partial charge on any atom is 0.0991 e. The molecule has 0 radical (unpaired) electrons. The smallest absolute Gasteiger partial charge is 0.0991 e. The number of hydrogen-bond donors (Lipinski definition) is 1. The Bertz CT molecular complexity index is 591. The zero-order valence-corrected chi connectivity index (χ0v) is 12.0. The largest absolute Gasteiger partial charge is 0.383 e. The lowest BCUT2D eigenvalue weighted by molar-refractivity contribution is 0.311. The first-order valence-electron chi connectivity index (χ1n) is 6.49. The minimum Gasteiger partial charge on any atom is -0.383 e. The molecule has 5 nitrogen and oxygen atoms in total. The lowest BCUT2D eigenvalue weighted by Gasteiger charge is -2.24. The summed E-state index contributed by atoms with van der Waals surface area (Å²) in [6.45, 7) is 0.782. The highest BCUT2D eigenvalue weighted by Gasteiger charge is 2.15. The predicted molar refractivity (Wildman–Crippen MR) is 79.3 cm³/mol. The monoisotopic (exact) mass is 269 g/mol. The molecule has 20 heavy (non-hydrogen) atoms. The van der Waals surface area contributed by atoms with E-state index in [0.717, 1.165) is 12.2 Å². The van der Waals surface area contributed by atoms with Gasteiger partial charge in [0.05, 0.1) is 23.9 Å². The van der Waals surface area contributed by atoms with Crippen molar-refractivity contribution in [3.05, 3.63) is 47.8 Å². The number of nitriles is 1. The van der Waals surface area contributed by atoms with Crippen LogP contribution < -0.4 is 5.32 Å². The maximum atomic E-state index is 8.78. The molecule has 1 heterocycles. The third-order valence-electron chi connectivity index (χ3n) is 3.25. The van der Waals surface area contributed by atoms with Crippen molar-refractivity contribution in [2.75, 3.05) is 26.0 Å². The van der Waals surface area contributed by atoms with Crippen molar-refractivity contribution < 1.29 is 0 Å². The Balaban J connectivity index is 2.04. The van der Waals surface area contributed by atoms with Gasteiger partial charge in [-0.2, -0.15) is 10.4 Å². The molecule has 0 saturated carbocycles. The molecule has 2 aromatic rings. The molecule has 1 aromatic carbocycles. The third kappa shape index (κ3) is 3.37. The summed E-state index contributed by atoms with van der Waals surface area (Å²) in [6.07, 6.45) is 3.93. The minimum absolute atomic E-state index is 0.249. The Hall–Kier alpha value is -2.32. The first-order chi connectivity index (χ1) is 9.60. The predicted octanol–water partition coefficient (Wildman–Crippen LogP) is 2.01. The average molecular weight is 269 g/mol. The van der Waals surface area contributed by atoms with E-state index >= 15 is 0 Å². The van der Waals surface area contributed by atoms with Gasteiger partial charge in [0.25, 0.3) is 0 Å². The SMILES string of the molecule is CN(C)C(CNc1ccc(C#N)cc1)c1cnn(C)c1. The number of nitrogens with one attached hydrogen (secondary N) is 1. The summed E-state index contributed by atoms with van der Waals surface area (Å²) < 4.78 is 1.81. The van der Waals surface area contributed by atoms with E-state index in [1.165, 1.54) is 5.56 Å². The average Bonchev–Trinajstić information content (AvgIpc) is 2.86. The Morgan fingerprint density at radius 1 is 1.35 bits per heavy atom. The molecule has 0 aliphatic carbocycles. The van der Waals surface area contributed by atoms with Gasteiger partial charge in [-0.1, -0.05) is 0 Å². The summed E-state index contributed by atoms with van der Waals surface area (Å²) in [7, 11) is 6.03. The molecule has 0 bridgehead atoms. The zero-order valence-electron chi connectivity index (χ0n) is 12.0. The summed E-state index contributed by atoms with van der Waals surface area (Å²) >= 11 is 0. The fraction of sp³-hybridized carbons (Fsp3) is 0.333. The normalized spacial score (nSPS) is 12.2. The summed E-state index contributed by atoms with van der Waals surface area (Å²) in [6, 6.07) is 9.85. The van der Waals surface area contributed by atoms with Gasteiger partial charge < -0.3 is 10.2 Å². The van der Waals surface area contributed by atoms with Crippen LogP contribution in [0.5, 0.6) is 0 Å². The van der Waals surface area contributed by atoms with Crippen LogP contribution in [0.1, 0.15) is 17.2 Å². The van der Waals surface area contributed by atoms with Gasteiger partial charge in [0.2, 0.25) is 0 Å². The van der Waals surface area contributed by atoms with E-state index in [-0.39, 0.29) is 6.04 Å². The van der Waals surface area contributed by atoms with Gasteiger partial charge in [-0.25, -0.2) is 0 Å². The number of rotatable bonds is 5. The lowest BCUT2D eigenvalue weighted by atomic mass is 10.1. The van der Waals surface area contributed by atoms with Crippen molar-refractivity contribution in [2.45, 2.75) is 6.04 Å². The van der Waals surface area contributed by atoms with Crippen LogP contribution in [0, 0.1) is 11.3 Å². The molecule has 5 heteroatoms. The fourth-order valence-electron chi connectivity index (χ4n) is 2.09. The Morgan fingerprint density at radius 3 is 2.55 bits per heavy atom. The Kier molecular flexibility index (Phi) is 4.38. The lowest BCUT2D eigenvalue weighted by Crippen LogP contribution is -2.26. The zero-order chi connectivity index (χ0) is 14.5. The minimum atomic E-state index is 0.249. The highest BCUT2D eigenvalue weighted by molar-refractivity contribution is 5.47. The summed E-state index contributed by atoms with van der Waals surface area (Å²) in [5.74, 6) is 0. The van der Waals surface area contributed by atoms with E-state index in [2.05, 4.69) is 35.5 Å². The van der Waals surface area contributed by atoms with Crippen LogP contribution >= 0.6 is 0 Å².